The SMILES string of the molecule is Cc1ccc(C)c(NC(=O)C(Sc2nnc(-c3ccccc3C)o2)c2ccccc2)c1. The predicted molar refractivity (Wildman–Crippen MR) is 124 cm³/mol. The molecule has 6 heteroatoms. The first-order valence-corrected chi connectivity index (χ1v) is 10.9. The van der Waals surface area contributed by atoms with Gasteiger partial charge < -0.3 is 9.73 Å². The molecule has 5 nitrogen and oxygen atoms in total. The van der Waals surface area contributed by atoms with Crippen LogP contribution in [0.3, 0.4) is 0 Å². The van der Waals surface area contributed by atoms with Crippen LogP contribution in [0, 0.1) is 20.8 Å². The lowest BCUT2D eigenvalue weighted by atomic mass is 10.1. The van der Waals surface area contributed by atoms with Gasteiger partial charge in [-0.3, -0.25) is 4.79 Å². The molecule has 0 spiro atoms. The Labute approximate surface area is 185 Å². The lowest BCUT2D eigenvalue weighted by Gasteiger charge is -2.16. The molecular formula is C25H23N3O2S. The highest BCUT2D eigenvalue weighted by atomic mass is 32.2. The first kappa shape index (κ1) is 20.9. The normalized spacial score (nSPS) is 11.8. The number of amides is 1. The highest BCUT2D eigenvalue weighted by molar-refractivity contribution is 8.00. The number of carbonyl (C=O) groups is 1. The zero-order chi connectivity index (χ0) is 21.8. The molecule has 0 bridgehead atoms. The minimum Gasteiger partial charge on any atom is -0.411 e. The topological polar surface area (TPSA) is 68.0 Å². The van der Waals surface area contributed by atoms with Gasteiger partial charge in [0, 0.05) is 11.3 Å². The Kier molecular flexibility index (Phi) is 6.18. The maximum absolute atomic E-state index is 13.3. The second kappa shape index (κ2) is 9.18. The van der Waals surface area contributed by atoms with Crippen molar-refractivity contribution in [3.63, 3.8) is 0 Å². The molecule has 1 unspecified atom stereocenters. The quantitative estimate of drug-likeness (QED) is 0.373. The first-order chi connectivity index (χ1) is 15.0. The minimum atomic E-state index is -0.536. The molecular weight excluding hydrogens is 406 g/mol. The number of aryl methyl sites for hydroxylation is 3. The van der Waals surface area contributed by atoms with Gasteiger partial charge >= 0.3 is 0 Å². The Morgan fingerprint density at radius 1 is 0.903 bits per heavy atom. The van der Waals surface area contributed by atoms with Crippen LogP contribution in [-0.4, -0.2) is 16.1 Å². The van der Waals surface area contributed by atoms with Crippen LogP contribution in [-0.2, 0) is 4.79 Å². The lowest BCUT2D eigenvalue weighted by molar-refractivity contribution is -0.115. The number of aromatic nitrogens is 2. The van der Waals surface area contributed by atoms with Gasteiger partial charge in [0.15, 0.2) is 0 Å². The smallest absolute Gasteiger partial charge is 0.277 e. The molecule has 0 fully saturated rings. The number of nitrogens with zero attached hydrogens (tertiary/aromatic N) is 2. The van der Waals surface area contributed by atoms with Gasteiger partial charge in [-0.15, -0.1) is 10.2 Å². The number of rotatable bonds is 6. The molecule has 0 aliphatic carbocycles. The van der Waals surface area contributed by atoms with Crippen LogP contribution in [0.5, 0.6) is 0 Å². The fourth-order valence-electron chi connectivity index (χ4n) is 3.25. The number of hydrogen-bond acceptors (Lipinski definition) is 5. The van der Waals surface area contributed by atoms with Crippen LogP contribution in [0.1, 0.15) is 27.5 Å². The molecule has 1 N–H and O–H groups in total. The van der Waals surface area contributed by atoms with Gasteiger partial charge in [-0.25, -0.2) is 0 Å². The Morgan fingerprint density at radius 2 is 1.65 bits per heavy atom. The Morgan fingerprint density at radius 3 is 2.42 bits per heavy atom. The van der Waals surface area contributed by atoms with Crippen molar-refractivity contribution < 1.29 is 9.21 Å². The molecule has 0 saturated heterocycles. The van der Waals surface area contributed by atoms with Gasteiger partial charge in [0.2, 0.25) is 11.8 Å². The fraction of sp³-hybridized carbons (Fsp3) is 0.160. The van der Waals surface area contributed by atoms with Crippen LogP contribution < -0.4 is 5.32 Å². The van der Waals surface area contributed by atoms with Crippen molar-refractivity contribution in [1.82, 2.24) is 10.2 Å². The van der Waals surface area contributed by atoms with Crippen LogP contribution in [0.25, 0.3) is 11.5 Å². The molecule has 1 aromatic heterocycles. The summed E-state index contributed by atoms with van der Waals surface area (Å²) in [7, 11) is 0. The molecule has 4 aromatic rings. The number of anilines is 1. The van der Waals surface area contributed by atoms with E-state index >= 15 is 0 Å². The van der Waals surface area contributed by atoms with Gasteiger partial charge in [-0.2, -0.15) is 0 Å². The van der Waals surface area contributed by atoms with Crippen LogP contribution in [0.2, 0.25) is 0 Å². The van der Waals surface area contributed by atoms with E-state index in [9.17, 15) is 4.79 Å². The average molecular weight is 430 g/mol. The molecule has 1 heterocycles. The summed E-state index contributed by atoms with van der Waals surface area (Å²) in [6.07, 6.45) is 0. The number of nitrogens with one attached hydrogen (secondary N) is 1. The molecule has 0 aliphatic rings. The molecule has 4 rings (SSSR count). The van der Waals surface area contributed by atoms with Gasteiger partial charge in [0.05, 0.1) is 0 Å². The summed E-state index contributed by atoms with van der Waals surface area (Å²) in [5.74, 6) is 0.308. The third-order valence-corrected chi connectivity index (χ3v) is 6.08. The van der Waals surface area contributed by atoms with Gasteiger partial charge in [0.1, 0.15) is 5.25 Å². The first-order valence-electron chi connectivity index (χ1n) is 10.0. The van der Waals surface area contributed by atoms with Crippen molar-refractivity contribution in [2.24, 2.45) is 0 Å². The summed E-state index contributed by atoms with van der Waals surface area (Å²) >= 11 is 1.25. The third kappa shape index (κ3) is 4.86. The van der Waals surface area contributed by atoms with E-state index in [2.05, 4.69) is 15.5 Å². The standard InChI is InChI=1S/C25H23N3O2S/c1-16-13-14-18(3)21(15-16)26-23(29)22(19-10-5-4-6-11-19)31-25-28-27-24(30-25)20-12-8-7-9-17(20)2/h4-15,22H,1-3H3,(H,26,29). The molecule has 31 heavy (non-hydrogen) atoms. The number of carbonyl (C=O) groups excluding carboxylic acids is 1. The zero-order valence-electron chi connectivity index (χ0n) is 17.6. The lowest BCUT2D eigenvalue weighted by Crippen LogP contribution is -2.19. The summed E-state index contributed by atoms with van der Waals surface area (Å²) in [5.41, 5.74) is 5.71. The summed E-state index contributed by atoms with van der Waals surface area (Å²) in [4.78, 5) is 13.3. The van der Waals surface area contributed by atoms with Gasteiger partial charge in [-0.1, -0.05) is 60.7 Å². The van der Waals surface area contributed by atoms with Crippen LogP contribution in [0.15, 0.2) is 82.4 Å². The summed E-state index contributed by atoms with van der Waals surface area (Å²) in [6.45, 7) is 5.98. The van der Waals surface area contributed by atoms with Crippen molar-refractivity contribution in [3.8, 4) is 11.5 Å². The average Bonchev–Trinajstić information content (AvgIpc) is 3.24. The molecule has 1 atom stereocenters. The third-order valence-electron chi connectivity index (χ3n) is 4.99. The summed E-state index contributed by atoms with van der Waals surface area (Å²) in [6, 6.07) is 23.5. The minimum absolute atomic E-state index is 0.138. The van der Waals surface area contributed by atoms with E-state index in [4.69, 9.17) is 4.42 Å². The Balaban J connectivity index is 1.61. The monoisotopic (exact) mass is 429 g/mol. The van der Waals surface area contributed by atoms with Crippen molar-refractivity contribution in [2.45, 2.75) is 31.2 Å². The van der Waals surface area contributed by atoms with Gasteiger partial charge in [-0.05, 0) is 66.9 Å². The van der Waals surface area contributed by atoms with Gasteiger partial charge in [0.25, 0.3) is 5.22 Å². The molecule has 0 radical (unpaired) electrons. The van der Waals surface area contributed by atoms with Crippen LogP contribution >= 0.6 is 11.8 Å². The second-order valence-electron chi connectivity index (χ2n) is 7.40. The number of hydrogen-bond donors (Lipinski definition) is 1. The maximum Gasteiger partial charge on any atom is 0.277 e. The van der Waals surface area contributed by atoms with E-state index in [0.29, 0.717) is 11.1 Å². The van der Waals surface area contributed by atoms with E-state index in [1.807, 2.05) is 93.6 Å². The number of thioether (sulfide) groups is 1. The van der Waals surface area contributed by atoms with Crippen molar-refractivity contribution in [1.29, 1.82) is 0 Å². The van der Waals surface area contributed by atoms with E-state index in [-0.39, 0.29) is 5.91 Å². The largest absolute Gasteiger partial charge is 0.411 e. The van der Waals surface area contributed by atoms with Crippen molar-refractivity contribution in [3.05, 3.63) is 95.1 Å². The maximum atomic E-state index is 13.3. The predicted octanol–water partition coefficient (Wildman–Crippen LogP) is 6.13. The molecule has 3 aromatic carbocycles. The van der Waals surface area contributed by atoms with E-state index in [0.717, 1.165) is 33.5 Å². The Bertz CT molecular complexity index is 1200. The second-order valence-corrected chi connectivity index (χ2v) is 8.46. The van der Waals surface area contributed by atoms with Crippen LogP contribution in [0.4, 0.5) is 5.69 Å². The highest BCUT2D eigenvalue weighted by Crippen LogP contribution is 2.37. The molecule has 0 aliphatic heterocycles. The van der Waals surface area contributed by atoms with E-state index < -0.39 is 5.25 Å². The van der Waals surface area contributed by atoms with Crippen molar-refractivity contribution >= 4 is 23.4 Å². The highest BCUT2D eigenvalue weighted by Gasteiger charge is 2.25. The molecule has 1 amide bonds. The molecule has 0 saturated carbocycles. The summed E-state index contributed by atoms with van der Waals surface area (Å²) in [5, 5.41) is 11.3. The Hall–Kier alpha value is -3.38. The summed E-state index contributed by atoms with van der Waals surface area (Å²) < 4.78 is 5.91. The molecule has 156 valence electrons. The van der Waals surface area contributed by atoms with E-state index in [1.165, 1.54) is 11.8 Å². The fourth-order valence-corrected chi connectivity index (χ4v) is 4.13. The zero-order valence-corrected chi connectivity index (χ0v) is 18.4. The van der Waals surface area contributed by atoms with E-state index in [1.54, 1.807) is 0 Å². The number of benzene rings is 3. The van der Waals surface area contributed by atoms with Crippen molar-refractivity contribution in [2.75, 3.05) is 5.32 Å².